The summed E-state index contributed by atoms with van der Waals surface area (Å²) in [6.07, 6.45) is -0.150. The van der Waals surface area contributed by atoms with Gasteiger partial charge in [-0.25, -0.2) is 4.39 Å². The van der Waals surface area contributed by atoms with Crippen molar-refractivity contribution >= 4 is 5.91 Å². The monoisotopic (exact) mass is 285 g/mol. The van der Waals surface area contributed by atoms with E-state index >= 15 is 0 Å². The second kappa shape index (κ2) is 8.50. The van der Waals surface area contributed by atoms with Crippen LogP contribution in [0.3, 0.4) is 0 Å². The zero-order valence-corrected chi connectivity index (χ0v) is 11.7. The Hall–Kier alpha value is -1.66. The summed E-state index contributed by atoms with van der Waals surface area (Å²) in [5, 5.41) is 12.2. The van der Waals surface area contributed by atoms with E-state index in [1.165, 1.54) is 25.1 Å². The van der Waals surface area contributed by atoms with Gasteiger partial charge < -0.3 is 19.9 Å². The molecule has 0 fully saturated rings. The molecule has 0 aromatic heterocycles. The quantitative estimate of drug-likeness (QED) is 0.709. The van der Waals surface area contributed by atoms with E-state index in [9.17, 15) is 14.3 Å². The number of aliphatic hydroxyl groups excluding tert-OH is 1. The fourth-order valence-corrected chi connectivity index (χ4v) is 1.62. The number of aliphatic hydroxyl groups is 1. The standard InChI is InChI=1S/C14H20FNO4/c1-10(17)12-8-11(15)4-5-13(12)20-9-14(18)16-6-3-7-19-2/h4-5,8,10,17H,3,6-7,9H2,1-2H3,(H,16,18). The molecular formula is C14H20FNO4. The predicted molar refractivity (Wildman–Crippen MR) is 72.0 cm³/mol. The molecule has 0 spiro atoms. The number of ether oxygens (including phenoxy) is 2. The van der Waals surface area contributed by atoms with Crippen molar-refractivity contribution < 1.29 is 23.8 Å². The topological polar surface area (TPSA) is 67.8 Å². The van der Waals surface area contributed by atoms with Gasteiger partial charge in [-0.05, 0) is 31.5 Å². The fourth-order valence-electron chi connectivity index (χ4n) is 1.62. The Balaban J connectivity index is 2.47. The summed E-state index contributed by atoms with van der Waals surface area (Å²) in [6.45, 7) is 2.40. The summed E-state index contributed by atoms with van der Waals surface area (Å²) >= 11 is 0. The SMILES string of the molecule is COCCCNC(=O)COc1ccc(F)cc1C(C)O. The van der Waals surface area contributed by atoms with Gasteiger partial charge in [0.2, 0.25) is 0 Å². The van der Waals surface area contributed by atoms with Crippen LogP contribution in [-0.4, -0.2) is 37.9 Å². The molecule has 1 amide bonds. The maximum Gasteiger partial charge on any atom is 0.257 e. The van der Waals surface area contributed by atoms with E-state index in [-0.39, 0.29) is 12.5 Å². The Kier molecular flexibility index (Phi) is 6.97. The van der Waals surface area contributed by atoms with Gasteiger partial charge in [-0.15, -0.1) is 0 Å². The van der Waals surface area contributed by atoms with Crippen LogP contribution < -0.4 is 10.1 Å². The Morgan fingerprint density at radius 3 is 2.90 bits per heavy atom. The van der Waals surface area contributed by atoms with Crippen LogP contribution >= 0.6 is 0 Å². The van der Waals surface area contributed by atoms with Crippen molar-refractivity contribution in [3.8, 4) is 5.75 Å². The maximum absolute atomic E-state index is 13.1. The van der Waals surface area contributed by atoms with Crippen LogP contribution in [0.4, 0.5) is 4.39 Å². The first kappa shape index (κ1) is 16.4. The Bertz CT molecular complexity index is 437. The molecule has 1 unspecified atom stereocenters. The van der Waals surface area contributed by atoms with Gasteiger partial charge in [-0.3, -0.25) is 4.79 Å². The van der Waals surface area contributed by atoms with Gasteiger partial charge in [0.25, 0.3) is 5.91 Å². The fraction of sp³-hybridized carbons (Fsp3) is 0.500. The maximum atomic E-state index is 13.1. The number of rotatable bonds is 8. The van der Waals surface area contributed by atoms with Crippen LogP contribution in [-0.2, 0) is 9.53 Å². The van der Waals surface area contributed by atoms with Crippen LogP contribution in [0.25, 0.3) is 0 Å². The molecule has 0 aliphatic carbocycles. The van der Waals surface area contributed by atoms with Gasteiger partial charge >= 0.3 is 0 Å². The number of carbonyl (C=O) groups excluding carboxylic acids is 1. The van der Waals surface area contributed by atoms with Crippen LogP contribution in [0, 0.1) is 5.82 Å². The van der Waals surface area contributed by atoms with Crippen molar-refractivity contribution in [2.45, 2.75) is 19.4 Å². The third-order valence-corrected chi connectivity index (χ3v) is 2.63. The normalized spacial score (nSPS) is 12.0. The molecule has 0 saturated heterocycles. The van der Waals surface area contributed by atoms with E-state index in [1.54, 1.807) is 7.11 Å². The third kappa shape index (κ3) is 5.54. The van der Waals surface area contributed by atoms with Gasteiger partial charge in [0.05, 0.1) is 6.10 Å². The van der Waals surface area contributed by atoms with Crippen LogP contribution in [0.2, 0.25) is 0 Å². The van der Waals surface area contributed by atoms with E-state index in [2.05, 4.69) is 5.32 Å². The zero-order valence-electron chi connectivity index (χ0n) is 11.7. The molecule has 2 N–H and O–H groups in total. The molecular weight excluding hydrogens is 265 g/mol. The lowest BCUT2D eigenvalue weighted by molar-refractivity contribution is -0.123. The highest BCUT2D eigenvalue weighted by Gasteiger charge is 2.12. The first-order valence-corrected chi connectivity index (χ1v) is 6.40. The molecule has 1 aromatic carbocycles. The molecule has 0 aliphatic heterocycles. The summed E-state index contributed by atoms with van der Waals surface area (Å²) in [4.78, 5) is 11.5. The minimum atomic E-state index is -0.870. The average molecular weight is 285 g/mol. The second-order valence-corrected chi connectivity index (χ2v) is 4.34. The van der Waals surface area contributed by atoms with Crippen LogP contribution in [0.5, 0.6) is 5.75 Å². The number of carbonyl (C=O) groups is 1. The molecule has 0 saturated carbocycles. The van der Waals surface area contributed by atoms with Gasteiger partial charge in [-0.2, -0.15) is 0 Å². The van der Waals surface area contributed by atoms with Gasteiger partial charge in [-0.1, -0.05) is 0 Å². The van der Waals surface area contributed by atoms with E-state index in [0.717, 1.165) is 6.42 Å². The lowest BCUT2D eigenvalue weighted by atomic mass is 10.1. The third-order valence-electron chi connectivity index (χ3n) is 2.63. The van der Waals surface area contributed by atoms with Gasteiger partial charge in [0.15, 0.2) is 6.61 Å². The summed E-state index contributed by atoms with van der Waals surface area (Å²) in [5.41, 5.74) is 0.317. The average Bonchev–Trinajstić information content (AvgIpc) is 2.42. The lowest BCUT2D eigenvalue weighted by Gasteiger charge is -2.13. The van der Waals surface area contributed by atoms with Crippen molar-refractivity contribution in [1.82, 2.24) is 5.32 Å². The molecule has 112 valence electrons. The largest absolute Gasteiger partial charge is 0.483 e. The number of hydrogen-bond acceptors (Lipinski definition) is 4. The minimum Gasteiger partial charge on any atom is -0.483 e. The van der Waals surface area contributed by atoms with E-state index < -0.39 is 11.9 Å². The molecule has 20 heavy (non-hydrogen) atoms. The minimum absolute atomic E-state index is 0.182. The van der Waals surface area contributed by atoms with E-state index in [1.807, 2.05) is 0 Å². The number of methoxy groups -OCH3 is 1. The summed E-state index contributed by atoms with van der Waals surface area (Å²) in [6, 6.07) is 3.81. The number of halogens is 1. The first-order valence-electron chi connectivity index (χ1n) is 6.40. The van der Waals surface area contributed by atoms with Crippen molar-refractivity contribution in [2.24, 2.45) is 0 Å². The number of nitrogens with one attached hydrogen (secondary N) is 1. The Morgan fingerprint density at radius 2 is 2.25 bits per heavy atom. The molecule has 5 nitrogen and oxygen atoms in total. The summed E-state index contributed by atoms with van der Waals surface area (Å²) < 4.78 is 23.3. The smallest absolute Gasteiger partial charge is 0.257 e. The number of hydrogen-bond donors (Lipinski definition) is 2. The highest BCUT2D eigenvalue weighted by Crippen LogP contribution is 2.25. The molecule has 1 aromatic rings. The van der Waals surface area contributed by atoms with Crippen molar-refractivity contribution in [3.05, 3.63) is 29.6 Å². The van der Waals surface area contributed by atoms with E-state index in [0.29, 0.717) is 24.5 Å². The van der Waals surface area contributed by atoms with Crippen LogP contribution in [0.1, 0.15) is 25.0 Å². The second-order valence-electron chi connectivity index (χ2n) is 4.34. The van der Waals surface area contributed by atoms with Crippen LogP contribution in [0.15, 0.2) is 18.2 Å². The molecule has 0 radical (unpaired) electrons. The van der Waals surface area contributed by atoms with Gasteiger partial charge in [0, 0.05) is 25.8 Å². The first-order chi connectivity index (χ1) is 9.54. The summed E-state index contributed by atoms with van der Waals surface area (Å²) in [5.74, 6) is -0.437. The number of benzene rings is 1. The predicted octanol–water partition coefficient (Wildman–Crippen LogP) is 1.41. The lowest BCUT2D eigenvalue weighted by Crippen LogP contribution is -2.30. The molecule has 0 heterocycles. The van der Waals surface area contributed by atoms with Crippen molar-refractivity contribution in [2.75, 3.05) is 26.9 Å². The molecule has 0 aliphatic rings. The highest BCUT2D eigenvalue weighted by atomic mass is 19.1. The Labute approximate surface area is 117 Å². The molecule has 1 atom stereocenters. The zero-order chi connectivity index (χ0) is 15.0. The summed E-state index contributed by atoms with van der Waals surface area (Å²) in [7, 11) is 1.59. The Morgan fingerprint density at radius 1 is 1.50 bits per heavy atom. The van der Waals surface area contributed by atoms with Crippen molar-refractivity contribution in [1.29, 1.82) is 0 Å². The molecule has 1 rings (SSSR count). The van der Waals surface area contributed by atoms with E-state index in [4.69, 9.17) is 9.47 Å². The molecule has 6 heteroatoms. The highest BCUT2D eigenvalue weighted by molar-refractivity contribution is 5.77. The number of amides is 1. The van der Waals surface area contributed by atoms with Crippen molar-refractivity contribution in [3.63, 3.8) is 0 Å². The molecule has 0 bridgehead atoms. The van der Waals surface area contributed by atoms with Gasteiger partial charge in [0.1, 0.15) is 11.6 Å².